The van der Waals surface area contributed by atoms with Crippen molar-refractivity contribution in [3.8, 4) is 0 Å². The Bertz CT molecular complexity index is 447. The number of rotatable bonds is 6. The Hall–Kier alpha value is -0.960. The quantitative estimate of drug-likeness (QED) is 0.618. The maximum Gasteiger partial charge on any atom is 0.0295 e. The van der Waals surface area contributed by atoms with Crippen molar-refractivity contribution in [1.82, 2.24) is 0 Å². The third-order valence-electron chi connectivity index (χ3n) is 2.90. The molecule has 0 aromatic heterocycles. The average molecular weight is 294 g/mol. The molecule has 102 valence electrons. The monoisotopic (exact) mass is 293 g/mol. The summed E-state index contributed by atoms with van der Waals surface area (Å²) < 4.78 is 0. The van der Waals surface area contributed by atoms with E-state index in [4.69, 9.17) is 5.73 Å². The number of thioether (sulfide) groups is 1. The Morgan fingerprint density at radius 2 is 1.47 bits per heavy atom. The molecule has 0 aliphatic heterocycles. The number of hydrogen-bond donors (Lipinski definition) is 1. The first-order valence-corrected chi connectivity index (χ1v) is 7.33. The molecule has 0 saturated carbocycles. The second-order valence-corrected chi connectivity index (χ2v) is 5.49. The van der Waals surface area contributed by atoms with Gasteiger partial charge in [0.2, 0.25) is 0 Å². The van der Waals surface area contributed by atoms with Gasteiger partial charge in [-0.3, -0.25) is 0 Å². The fraction of sp³-hybridized carbons (Fsp3) is 0.250. The molecule has 1 atom stereocenters. The fourth-order valence-corrected chi connectivity index (χ4v) is 2.77. The van der Waals surface area contributed by atoms with Gasteiger partial charge in [0.05, 0.1) is 0 Å². The van der Waals surface area contributed by atoms with E-state index in [1.54, 1.807) is 0 Å². The minimum atomic E-state index is 0. The van der Waals surface area contributed by atoms with Crippen molar-refractivity contribution in [2.45, 2.75) is 23.8 Å². The Kier molecular flexibility index (Phi) is 7.65. The summed E-state index contributed by atoms with van der Waals surface area (Å²) in [6.07, 6.45) is 2.19. The highest BCUT2D eigenvalue weighted by molar-refractivity contribution is 7.99. The van der Waals surface area contributed by atoms with Gasteiger partial charge in [-0.25, -0.2) is 0 Å². The molecule has 1 unspecified atom stereocenters. The smallest absolute Gasteiger partial charge is 0.0295 e. The molecule has 3 heteroatoms. The molecule has 0 amide bonds. The zero-order chi connectivity index (χ0) is 12.6. The van der Waals surface area contributed by atoms with Crippen LogP contribution in [0.5, 0.6) is 0 Å². The summed E-state index contributed by atoms with van der Waals surface area (Å²) in [6.45, 7) is 0. The first-order valence-electron chi connectivity index (χ1n) is 6.34. The second kappa shape index (κ2) is 9.03. The Labute approximate surface area is 126 Å². The van der Waals surface area contributed by atoms with E-state index in [0.717, 1.165) is 18.6 Å². The summed E-state index contributed by atoms with van der Waals surface area (Å²) in [5.41, 5.74) is 7.40. The predicted molar refractivity (Wildman–Crippen MR) is 87.0 cm³/mol. The largest absolute Gasteiger partial charge is 0.324 e. The zero-order valence-electron chi connectivity index (χ0n) is 10.9. The normalized spacial score (nSPS) is 11.6. The molecular weight excluding hydrogens is 274 g/mol. The van der Waals surface area contributed by atoms with Crippen LogP contribution in [0.15, 0.2) is 65.6 Å². The molecule has 0 heterocycles. The molecule has 1 nitrogen and oxygen atoms in total. The van der Waals surface area contributed by atoms with E-state index < -0.39 is 0 Å². The molecule has 0 aliphatic rings. The molecule has 0 spiro atoms. The molecule has 2 aromatic carbocycles. The van der Waals surface area contributed by atoms with Gasteiger partial charge in [0.1, 0.15) is 0 Å². The summed E-state index contributed by atoms with van der Waals surface area (Å²) in [6, 6.07) is 21.0. The molecule has 0 bridgehead atoms. The van der Waals surface area contributed by atoms with Crippen molar-refractivity contribution in [3.05, 3.63) is 66.2 Å². The highest BCUT2D eigenvalue weighted by Gasteiger charge is 2.04. The van der Waals surface area contributed by atoms with E-state index in [0.29, 0.717) is 0 Å². The van der Waals surface area contributed by atoms with Crippen molar-refractivity contribution >= 4 is 24.2 Å². The van der Waals surface area contributed by atoms with Crippen molar-refractivity contribution in [3.63, 3.8) is 0 Å². The summed E-state index contributed by atoms with van der Waals surface area (Å²) in [7, 11) is 0. The van der Waals surface area contributed by atoms with E-state index in [9.17, 15) is 0 Å². The second-order valence-electron chi connectivity index (χ2n) is 4.32. The van der Waals surface area contributed by atoms with Crippen LogP contribution in [0.4, 0.5) is 0 Å². The van der Waals surface area contributed by atoms with Gasteiger partial charge in [-0.15, -0.1) is 24.2 Å². The molecule has 2 aromatic rings. The Morgan fingerprint density at radius 1 is 0.895 bits per heavy atom. The third-order valence-corrected chi connectivity index (χ3v) is 4.00. The van der Waals surface area contributed by atoms with Crippen LogP contribution in [-0.4, -0.2) is 5.75 Å². The lowest BCUT2D eigenvalue weighted by Gasteiger charge is -2.11. The molecule has 0 fully saturated rings. The Morgan fingerprint density at radius 3 is 2.11 bits per heavy atom. The van der Waals surface area contributed by atoms with Gasteiger partial charge in [-0.1, -0.05) is 48.5 Å². The molecule has 0 radical (unpaired) electrons. The van der Waals surface area contributed by atoms with Crippen molar-refractivity contribution in [1.29, 1.82) is 0 Å². The van der Waals surface area contributed by atoms with E-state index >= 15 is 0 Å². The van der Waals surface area contributed by atoms with Crippen molar-refractivity contribution in [2.75, 3.05) is 5.75 Å². The number of benzene rings is 2. The molecule has 2 N–H and O–H groups in total. The summed E-state index contributed by atoms with van der Waals surface area (Å²) in [5, 5.41) is 0. The van der Waals surface area contributed by atoms with E-state index in [1.807, 2.05) is 30.0 Å². The van der Waals surface area contributed by atoms with Gasteiger partial charge in [0, 0.05) is 10.9 Å². The highest BCUT2D eigenvalue weighted by atomic mass is 35.5. The van der Waals surface area contributed by atoms with Crippen LogP contribution >= 0.6 is 24.2 Å². The van der Waals surface area contributed by atoms with E-state index in [-0.39, 0.29) is 18.4 Å². The maximum atomic E-state index is 6.17. The molecular formula is C16H20ClNS. The summed E-state index contributed by atoms with van der Waals surface area (Å²) in [5.74, 6) is 1.13. The SMILES string of the molecule is Cl.NC(CCCSc1ccccc1)c1ccccc1. The average Bonchev–Trinajstić information content (AvgIpc) is 2.45. The minimum absolute atomic E-state index is 0. The lowest BCUT2D eigenvalue weighted by atomic mass is 10.0. The summed E-state index contributed by atoms with van der Waals surface area (Å²) >= 11 is 1.90. The fourth-order valence-electron chi connectivity index (χ4n) is 1.88. The van der Waals surface area contributed by atoms with Gasteiger partial charge in [0.25, 0.3) is 0 Å². The Balaban J connectivity index is 0.00000180. The lowest BCUT2D eigenvalue weighted by molar-refractivity contribution is 0.642. The first kappa shape index (κ1) is 16.1. The van der Waals surface area contributed by atoms with Gasteiger partial charge >= 0.3 is 0 Å². The van der Waals surface area contributed by atoms with Gasteiger partial charge in [-0.2, -0.15) is 0 Å². The van der Waals surface area contributed by atoms with E-state index in [2.05, 4.69) is 42.5 Å². The van der Waals surface area contributed by atoms with Crippen molar-refractivity contribution < 1.29 is 0 Å². The van der Waals surface area contributed by atoms with Crippen LogP contribution in [0.2, 0.25) is 0 Å². The van der Waals surface area contributed by atoms with Gasteiger partial charge in [-0.05, 0) is 36.3 Å². The first-order chi connectivity index (χ1) is 8.86. The number of hydrogen-bond acceptors (Lipinski definition) is 2. The predicted octanol–water partition coefficient (Wildman–Crippen LogP) is 4.68. The van der Waals surface area contributed by atoms with Crippen LogP contribution < -0.4 is 5.73 Å². The third kappa shape index (κ3) is 5.68. The van der Waals surface area contributed by atoms with E-state index in [1.165, 1.54) is 10.5 Å². The number of halogens is 1. The molecule has 2 rings (SSSR count). The number of nitrogens with two attached hydrogens (primary N) is 1. The maximum absolute atomic E-state index is 6.17. The summed E-state index contributed by atoms with van der Waals surface area (Å²) in [4.78, 5) is 1.34. The standard InChI is InChI=1S/C16H19NS.ClH/c17-16(14-8-3-1-4-9-14)12-7-13-18-15-10-5-2-6-11-15;/h1-6,8-11,16H,7,12-13,17H2;1H. The topological polar surface area (TPSA) is 26.0 Å². The van der Waals surface area contributed by atoms with Crippen LogP contribution in [0.25, 0.3) is 0 Å². The van der Waals surface area contributed by atoms with Gasteiger partial charge < -0.3 is 5.73 Å². The molecule has 0 aliphatic carbocycles. The lowest BCUT2D eigenvalue weighted by Crippen LogP contribution is -2.10. The molecule has 0 saturated heterocycles. The molecule has 19 heavy (non-hydrogen) atoms. The van der Waals surface area contributed by atoms with Crippen LogP contribution in [0.1, 0.15) is 24.4 Å². The van der Waals surface area contributed by atoms with Gasteiger partial charge in [0.15, 0.2) is 0 Å². The van der Waals surface area contributed by atoms with Crippen molar-refractivity contribution in [2.24, 2.45) is 5.73 Å². The van der Waals surface area contributed by atoms with Crippen LogP contribution in [-0.2, 0) is 0 Å². The highest BCUT2D eigenvalue weighted by Crippen LogP contribution is 2.21. The van der Waals surface area contributed by atoms with Crippen LogP contribution in [0.3, 0.4) is 0 Å². The van der Waals surface area contributed by atoms with Crippen LogP contribution in [0, 0.1) is 0 Å². The minimum Gasteiger partial charge on any atom is -0.324 e. The zero-order valence-corrected chi connectivity index (χ0v) is 12.5.